The average Bonchev–Trinajstić information content (AvgIpc) is 2.70. The molecule has 0 atom stereocenters. The fourth-order valence-electron chi connectivity index (χ4n) is 2.60. The first-order valence-corrected chi connectivity index (χ1v) is 10.9. The number of para-hydroxylation sites is 1. The molecule has 0 aromatic heterocycles. The number of benzene rings is 3. The summed E-state index contributed by atoms with van der Waals surface area (Å²) in [6, 6.07) is 18.2. The molecule has 0 aliphatic carbocycles. The predicted octanol–water partition coefficient (Wildman–Crippen LogP) is 4.82. The van der Waals surface area contributed by atoms with Crippen LogP contribution < -0.4 is 14.8 Å². The van der Waals surface area contributed by atoms with E-state index in [1.54, 1.807) is 36.4 Å². The summed E-state index contributed by atoms with van der Waals surface area (Å²) in [7, 11) is -2.43. The molecule has 0 unspecified atom stereocenters. The Bertz CT molecular complexity index is 1150. The van der Waals surface area contributed by atoms with Gasteiger partial charge in [-0.05, 0) is 65.3 Å². The first-order valence-electron chi connectivity index (χ1n) is 8.63. The SMILES string of the molecule is COc1ccc(S(=O)(=O)Nc2ccccc2Br)cc1NC(=O)c1ccc(C)cc1. The zero-order valence-corrected chi connectivity index (χ0v) is 18.2. The average molecular weight is 475 g/mol. The van der Waals surface area contributed by atoms with E-state index in [0.29, 0.717) is 21.5 Å². The molecule has 0 aliphatic rings. The Balaban J connectivity index is 1.91. The molecule has 0 saturated heterocycles. The topological polar surface area (TPSA) is 84.5 Å². The number of rotatable bonds is 6. The number of carbonyl (C=O) groups excluding carboxylic acids is 1. The van der Waals surface area contributed by atoms with Crippen molar-refractivity contribution in [2.45, 2.75) is 11.8 Å². The van der Waals surface area contributed by atoms with Crippen LogP contribution in [0, 0.1) is 6.92 Å². The number of amides is 1. The largest absolute Gasteiger partial charge is 0.495 e. The van der Waals surface area contributed by atoms with Gasteiger partial charge in [0.2, 0.25) is 0 Å². The van der Waals surface area contributed by atoms with Crippen molar-refractivity contribution in [1.29, 1.82) is 0 Å². The summed E-state index contributed by atoms with van der Waals surface area (Å²) in [4.78, 5) is 12.5. The molecule has 0 aliphatic heterocycles. The van der Waals surface area contributed by atoms with E-state index in [1.807, 2.05) is 19.1 Å². The second-order valence-electron chi connectivity index (χ2n) is 6.27. The molecular formula is C21H19BrN2O4S. The van der Waals surface area contributed by atoms with E-state index >= 15 is 0 Å². The molecule has 6 nitrogen and oxygen atoms in total. The van der Waals surface area contributed by atoms with Gasteiger partial charge in [0, 0.05) is 10.0 Å². The Hall–Kier alpha value is -2.84. The van der Waals surface area contributed by atoms with E-state index in [0.717, 1.165) is 5.56 Å². The quantitative estimate of drug-likeness (QED) is 0.536. The highest BCUT2D eigenvalue weighted by Gasteiger charge is 2.19. The summed E-state index contributed by atoms with van der Waals surface area (Å²) in [6.45, 7) is 1.93. The minimum atomic E-state index is -3.88. The van der Waals surface area contributed by atoms with Crippen molar-refractivity contribution in [3.05, 3.63) is 82.3 Å². The number of hydrogen-bond donors (Lipinski definition) is 2. The third-order valence-electron chi connectivity index (χ3n) is 4.16. The molecule has 0 heterocycles. The van der Waals surface area contributed by atoms with Crippen molar-refractivity contribution in [1.82, 2.24) is 0 Å². The van der Waals surface area contributed by atoms with E-state index < -0.39 is 10.0 Å². The number of hydrogen-bond acceptors (Lipinski definition) is 4. The van der Waals surface area contributed by atoms with E-state index in [9.17, 15) is 13.2 Å². The fourth-order valence-corrected chi connectivity index (χ4v) is 4.22. The molecule has 0 fully saturated rings. The smallest absolute Gasteiger partial charge is 0.262 e. The second kappa shape index (κ2) is 8.67. The summed E-state index contributed by atoms with van der Waals surface area (Å²) < 4.78 is 34.0. The number of halogens is 1. The molecule has 29 heavy (non-hydrogen) atoms. The van der Waals surface area contributed by atoms with Gasteiger partial charge in [-0.2, -0.15) is 0 Å². The molecule has 0 spiro atoms. The molecular weight excluding hydrogens is 456 g/mol. The number of aryl methyl sites for hydroxylation is 1. The molecule has 3 aromatic rings. The number of ether oxygens (including phenoxy) is 1. The van der Waals surface area contributed by atoms with Gasteiger partial charge in [0.25, 0.3) is 15.9 Å². The van der Waals surface area contributed by atoms with Crippen molar-refractivity contribution < 1.29 is 17.9 Å². The van der Waals surface area contributed by atoms with E-state index in [-0.39, 0.29) is 16.5 Å². The normalized spacial score (nSPS) is 11.0. The van der Waals surface area contributed by atoms with Crippen molar-refractivity contribution >= 4 is 43.2 Å². The van der Waals surface area contributed by atoms with Gasteiger partial charge >= 0.3 is 0 Å². The lowest BCUT2D eigenvalue weighted by atomic mass is 10.1. The number of methoxy groups -OCH3 is 1. The minimum Gasteiger partial charge on any atom is -0.495 e. The van der Waals surface area contributed by atoms with Crippen molar-refractivity contribution in [2.75, 3.05) is 17.1 Å². The molecule has 0 radical (unpaired) electrons. The number of anilines is 2. The van der Waals surface area contributed by atoms with E-state index in [2.05, 4.69) is 26.0 Å². The first kappa shape index (κ1) is 20.9. The molecule has 8 heteroatoms. The third-order valence-corrected chi connectivity index (χ3v) is 6.22. The maximum absolute atomic E-state index is 12.8. The van der Waals surface area contributed by atoms with Crippen LogP contribution in [0.5, 0.6) is 5.75 Å². The van der Waals surface area contributed by atoms with E-state index in [1.165, 1.54) is 25.3 Å². The van der Waals surface area contributed by atoms with Crippen LogP contribution in [0.3, 0.4) is 0 Å². The van der Waals surface area contributed by atoms with Crippen LogP contribution in [-0.4, -0.2) is 21.4 Å². The Morgan fingerprint density at radius 1 is 0.966 bits per heavy atom. The zero-order chi connectivity index (χ0) is 21.0. The Morgan fingerprint density at radius 3 is 2.31 bits per heavy atom. The highest BCUT2D eigenvalue weighted by Crippen LogP contribution is 2.30. The first-order chi connectivity index (χ1) is 13.8. The van der Waals surface area contributed by atoms with Crippen LogP contribution in [0.25, 0.3) is 0 Å². The maximum atomic E-state index is 12.8. The molecule has 1 amide bonds. The fraction of sp³-hybridized carbons (Fsp3) is 0.0952. The summed E-state index contributed by atoms with van der Waals surface area (Å²) in [5.74, 6) is -0.0121. The van der Waals surface area contributed by atoms with Crippen LogP contribution in [-0.2, 0) is 10.0 Å². The highest BCUT2D eigenvalue weighted by atomic mass is 79.9. The van der Waals surface area contributed by atoms with Crippen LogP contribution in [0.2, 0.25) is 0 Å². The molecule has 0 saturated carbocycles. The monoisotopic (exact) mass is 474 g/mol. The number of nitrogens with one attached hydrogen (secondary N) is 2. The Kier molecular flexibility index (Phi) is 6.24. The Labute approximate surface area is 178 Å². The van der Waals surface area contributed by atoms with Gasteiger partial charge in [-0.25, -0.2) is 8.42 Å². The van der Waals surface area contributed by atoms with Gasteiger partial charge < -0.3 is 10.1 Å². The van der Waals surface area contributed by atoms with Crippen molar-refractivity contribution in [3.8, 4) is 5.75 Å². The van der Waals surface area contributed by atoms with Gasteiger partial charge in [0.1, 0.15) is 5.75 Å². The lowest BCUT2D eigenvalue weighted by molar-refractivity contribution is 0.102. The maximum Gasteiger partial charge on any atom is 0.262 e. The standard InChI is InChI=1S/C21H19BrN2O4S/c1-14-7-9-15(10-8-14)21(25)23-19-13-16(11-12-20(19)28-2)29(26,27)24-18-6-4-3-5-17(18)22/h3-13,24H,1-2H3,(H,23,25). The molecule has 150 valence electrons. The lowest BCUT2D eigenvalue weighted by Crippen LogP contribution is -2.16. The second-order valence-corrected chi connectivity index (χ2v) is 8.80. The number of sulfonamides is 1. The van der Waals surface area contributed by atoms with Crippen LogP contribution >= 0.6 is 15.9 Å². The van der Waals surface area contributed by atoms with Crippen LogP contribution in [0.4, 0.5) is 11.4 Å². The van der Waals surface area contributed by atoms with E-state index in [4.69, 9.17) is 4.74 Å². The molecule has 0 bridgehead atoms. The molecule has 3 aromatic carbocycles. The summed E-state index contributed by atoms with van der Waals surface area (Å²) >= 11 is 3.32. The number of carbonyl (C=O) groups is 1. The molecule has 2 N–H and O–H groups in total. The van der Waals surface area contributed by atoms with Crippen molar-refractivity contribution in [3.63, 3.8) is 0 Å². The summed E-state index contributed by atoms with van der Waals surface area (Å²) in [5, 5.41) is 2.72. The van der Waals surface area contributed by atoms with Gasteiger partial charge in [-0.1, -0.05) is 29.8 Å². The van der Waals surface area contributed by atoms with Gasteiger partial charge in [-0.3, -0.25) is 9.52 Å². The zero-order valence-electron chi connectivity index (χ0n) is 15.8. The summed E-state index contributed by atoms with van der Waals surface area (Å²) in [6.07, 6.45) is 0. The lowest BCUT2D eigenvalue weighted by Gasteiger charge is -2.14. The van der Waals surface area contributed by atoms with Gasteiger partial charge in [0.15, 0.2) is 0 Å². The van der Waals surface area contributed by atoms with Crippen LogP contribution in [0.1, 0.15) is 15.9 Å². The summed E-state index contributed by atoms with van der Waals surface area (Å²) in [5.41, 5.74) is 2.16. The van der Waals surface area contributed by atoms with Gasteiger partial charge in [0.05, 0.1) is 23.4 Å². The predicted molar refractivity (Wildman–Crippen MR) is 117 cm³/mol. The Morgan fingerprint density at radius 2 is 1.66 bits per heavy atom. The van der Waals surface area contributed by atoms with Crippen molar-refractivity contribution in [2.24, 2.45) is 0 Å². The van der Waals surface area contributed by atoms with Gasteiger partial charge in [-0.15, -0.1) is 0 Å². The minimum absolute atomic E-state index is 0.00624. The third kappa shape index (κ3) is 4.96. The highest BCUT2D eigenvalue weighted by molar-refractivity contribution is 9.10. The molecule has 3 rings (SSSR count). The van der Waals surface area contributed by atoms with Crippen LogP contribution in [0.15, 0.2) is 76.1 Å².